The highest BCUT2D eigenvalue weighted by Gasteiger charge is 2.42. The molecule has 0 fully saturated rings. The molecule has 0 spiro atoms. The van der Waals surface area contributed by atoms with Crippen LogP contribution >= 0.6 is 15.5 Å². The summed E-state index contributed by atoms with van der Waals surface area (Å²) in [5, 5.41) is 0. The van der Waals surface area contributed by atoms with Gasteiger partial charge in [-0.05, 0) is 6.92 Å². The molecule has 0 atom stereocenters. The summed E-state index contributed by atoms with van der Waals surface area (Å²) in [7, 11) is -5.84. The zero-order valence-electron chi connectivity index (χ0n) is 4.39. The molecule has 8 heavy (non-hydrogen) atoms. The molecule has 0 aromatic heterocycles. The zero-order valence-corrected chi connectivity index (χ0v) is 6.18. The fraction of sp³-hybridized carbons (Fsp3) is 1.00. The predicted octanol–water partition coefficient (Wildman–Crippen LogP) is 0.0500. The molecule has 0 heterocycles. The van der Waals surface area contributed by atoms with Crippen molar-refractivity contribution in [2.24, 2.45) is 0 Å². The van der Waals surface area contributed by atoms with Gasteiger partial charge in [-0.25, -0.2) is 9.79 Å². The van der Waals surface area contributed by atoms with Gasteiger partial charge >= 0.3 is 15.5 Å². The highest BCUT2D eigenvalue weighted by Crippen LogP contribution is 2.74. The lowest BCUT2D eigenvalue weighted by Gasteiger charge is -2.07. The molecule has 0 aliphatic carbocycles. The average molecular weight is 159 g/mol. The highest BCUT2D eigenvalue weighted by molar-refractivity contribution is 8.29. The van der Waals surface area contributed by atoms with Crippen molar-refractivity contribution in [3.63, 3.8) is 0 Å². The van der Waals surface area contributed by atoms with Gasteiger partial charge in [0.2, 0.25) is 0 Å². The molecule has 0 aliphatic heterocycles. The van der Waals surface area contributed by atoms with E-state index in [-0.39, 0.29) is 6.16 Å². The molecular weight excluding hydrogens is 150 g/mol. The molecule has 0 saturated carbocycles. The van der Waals surface area contributed by atoms with E-state index < -0.39 is 15.5 Å². The van der Waals surface area contributed by atoms with E-state index in [0.29, 0.717) is 0 Å². The minimum Gasteiger partial charge on any atom is -0.315 e. The first-order chi connectivity index (χ1) is 3.50. The number of rotatable bonds is 2. The molecule has 0 saturated heterocycles. The number of hydrogen-bond donors (Lipinski definition) is 4. The lowest BCUT2D eigenvalue weighted by atomic mass is 11.0. The molecule has 0 bridgehead atoms. The van der Waals surface area contributed by atoms with Gasteiger partial charge in [0, 0.05) is 0 Å². The minimum absolute atomic E-state index is 0.0334. The smallest absolute Gasteiger partial charge is 0.315 e. The molecule has 0 rings (SSSR count). The number of hydrogen-bond acceptors (Lipinski definition) is 4. The molecule has 50 valence electrons. The summed E-state index contributed by atoms with van der Waals surface area (Å²) in [5.74, 6) is 0. The van der Waals surface area contributed by atoms with Gasteiger partial charge < -0.3 is 9.79 Å². The summed E-state index contributed by atoms with van der Waals surface area (Å²) >= 11 is 0. The van der Waals surface area contributed by atoms with Gasteiger partial charge in [-0.3, -0.25) is 0 Å². The summed E-state index contributed by atoms with van der Waals surface area (Å²) in [4.78, 5) is 33.7. The molecule has 0 aromatic rings. The third-order valence-corrected chi connectivity index (χ3v) is 4.70. The quantitative estimate of drug-likeness (QED) is 0.429. The van der Waals surface area contributed by atoms with Crippen LogP contribution in [0.5, 0.6) is 0 Å². The maximum absolute atomic E-state index is 8.60. The molecule has 6 heteroatoms. The topological polar surface area (TPSA) is 80.9 Å². The van der Waals surface area contributed by atoms with Crippen molar-refractivity contribution in [1.82, 2.24) is 0 Å². The molecule has 4 nitrogen and oxygen atoms in total. The SMILES string of the molecule is CC[P+](O)(O)P(O)O. The van der Waals surface area contributed by atoms with E-state index in [4.69, 9.17) is 19.6 Å². The van der Waals surface area contributed by atoms with Crippen molar-refractivity contribution >= 4 is 15.5 Å². The van der Waals surface area contributed by atoms with E-state index in [0.717, 1.165) is 0 Å². The van der Waals surface area contributed by atoms with Gasteiger partial charge in [-0.15, -0.1) is 0 Å². The summed E-state index contributed by atoms with van der Waals surface area (Å²) in [6.45, 7) is 1.50. The van der Waals surface area contributed by atoms with Gasteiger partial charge in [0.1, 0.15) is 6.16 Å². The van der Waals surface area contributed by atoms with Crippen LogP contribution in [0, 0.1) is 0 Å². The summed E-state index contributed by atoms with van der Waals surface area (Å²) in [6.07, 6.45) is 0.0334. The second-order valence-corrected chi connectivity index (χ2v) is 6.83. The van der Waals surface area contributed by atoms with Crippen LogP contribution in [0.4, 0.5) is 0 Å². The minimum atomic E-state index is -3.32. The van der Waals surface area contributed by atoms with E-state index >= 15 is 0 Å². The Balaban J connectivity index is 3.71. The van der Waals surface area contributed by atoms with Gasteiger partial charge in [-0.2, -0.15) is 0 Å². The zero-order chi connectivity index (χ0) is 6.78. The van der Waals surface area contributed by atoms with Crippen molar-refractivity contribution in [1.29, 1.82) is 0 Å². The van der Waals surface area contributed by atoms with E-state index in [1.807, 2.05) is 0 Å². The van der Waals surface area contributed by atoms with Crippen LogP contribution in [-0.4, -0.2) is 25.7 Å². The van der Waals surface area contributed by atoms with Crippen molar-refractivity contribution in [2.75, 3.05) is 6.16 Å². The monoisotopic (exact) mass is 159 g/mol. The third kappa shape index (κ3) is 2.31. The molecule has 0 radical (unpaired) electrons. The van der Waals surface area contributed by atoms with E-state index in [9.17, 15) is 0 Å². The standard InChI is InChI=1S/C2H9O4P2/c1-2-8(5,6)7(3)4/h3-6H,2H2,1H3/q+1. The maximum atomic E-state index is 8.60. The fourth-order valence-corrected chi connectivity index (χ4v) is 1.14. The van der Waals surface area contributed by atoms with Gasteiger partial charge in [0.05, 0.1) is 0 Å². The fourth-order valence-electron chi connectivity index (χ4n) is 0.126. The van der Waals surface area contributed by atoms with Crippen LogP contribution < -0.4 is 0 Å². The van der Waals surface area contributed by atoms with E-state index in [1.54, 1.807) is 0 Å². The molecular formula is C2H9O4P2+. The Morgan fingerprint density at radius 2 is 1.75 bits per heavy atom. The van der Waals surface area contributed by atoms with Crippen molar-refractivity contribution < 1.29 is 19.6 Å². The lowest BCUT2D eigenvalue weighted by molar-refractivity contribution is 0.437. The van der Waals surface area contributed by atoms with Crippen LogP contribution in [0.1, 0.15) is 6.92 Å². The second-order valence-electron chi connectivity index (χ2n) is 1.28. The predicted molar refractivity (Wildman–Crippen MR) is 33.3 cm³/mol. The summed E-state index contributed by atoms with van der Waals surface area (Å²) in [6, 6.07) is 0. The van der Waals surface area contributed by atoms with Gasteiger partial charge in [0.25, 0.3) is 0 Å². The van der Waals surface area contributed by atoms with Crippen LogP contribution in [0.3, 0.4) is 0 Å². The highest BCUT2D eigenvalue weighted by atomic mass is 32.1. The van der Waals surface area contributed by atoms with E-state index in [2.05, 4.69) is 0 Å². The molecule has 4 N–H and O–H groups in total. The van der Waals surface area contributed by atoms with Crippen LogP contribution in [0.2, 0.25) is 0 Å². The average Bonchev–Trinajstić information content (AvgIpc) is 1.67. The third-order valence-electron chi connectivity index (χ3n) is 0.711. The van der Waals surface area contributed by atoms with Gasteiger partial charge in [-0.1, -0.05) is 0 Å². The summed E-state index contributed by atoms with van der Waals surface area (Å²) < 4.78 is 0. The van der Waals surface area contributed by atoms with E-state index in [1.165, 1.54) is 6.92 Å². The Morgan fingerprint density at radius 3 is 1.75 bits per heavy atom. The van der Waals surface area contributed by atoms with Crippen LogP contribution in [0.15, 0.2) is 0 Å². The maximum Gasteiger partial charge on any atom is 0.406 e. The molecule has 0 aliphatic rings. The Morgan fingerprint density at radius 1 is 1.38 bits per heavy atom. The Labute approximate surface area is 49.1 Å². The second kappa shape index (κ2) is 3.02. The van der Waals surface area contributed by atoms with Crippen molar-refractivity contribution in [3.8, 4) is 0 Å². The lowest BCUT2D eigenvalue weighted by Crippen LogP contribution is -1.89. The van der Waals surface area contributed by atoms with Crippen molar-refractivity contribution in [2.45, 2.75) is 6.92 Å². The Kier molecular flexibility index (Phi) is 3.28. The normalized spacial score (nSPS) is 12.8. The molecule has 0 unspecified atom stereocenters. The Hall–Kier alpha value is 0.700. The first-order valence-electron chi connectivity index (χ1n) is 2.02. The first-order valence-corrected chi connectivity index (χ1v) is 5.86. The van der Waals surface area contributed by atoms with Crippen molar-refractivity contribution in [3.05, 3.63) is 0 Å². The largest absolute Gasteiger partial charge is 0.406 e. The molecule has 0 aromatic carbocycles. The Bertz CT molecular complexity index is 72.4. The molecule has 0 amide bonds. The summed E-state index contributed by atoms with van der Waals surface area (Å²) in [5.41, 5.74) is 0. The van der Waals surface area contributed by atoms with Gasteiger partial charge in [0.15, 0.2) is 0 Å². The van der Waals surface area contributed by atoms with Crippen LogP contribution in [-0.2, 0) is 0 Å². The first kappa shape index (κ1) is 8.70. The van der Waals surface area contributed by atoms with Crippen LogP contribution in [0.25, 0.3) is 0 Å².